The fourth-order valence-corrected chi connectivity index (χ4v) is 3.35. The molecule has 1 unspecified atom stereocenters. The molecule has 0 rings (SSSR count). The van der Waals surface area contributed by atoms with Crippen molar-refractivity contribution in [3.63, 3.8) is 0 Å². The van der Waals surface area contributed by atoms with Crippen molar-refractivity contribution in [2.75, 3.05) is 0 Å². The summed E-state index contributed by atoms with van der Waals surface area (Å²) in [6, 6.07) is 0. The molecule has 0 radical (unpaired) electrons. The Morgan fingerprint density at radius 1 is 0.760 bits per heavy atom. The first kappa shape index (κ1) is 24.2. The standard InChI is InChI=1S/C23H44O2/c1-3-5-7-8-9-10-12-15-19-22(18-6-4-2)20-16-13-11-14-17-21-23(24)25/h15,19,22H,3-14,16-18,20-21H2,1-2H3,(H,24,25). The van der Waals surface area contributed by atoms with Gasteiger partial charge in [0.1, 0.15) is 0 Å². The van der Waals surface area contributed by atoms with Gasteiger partial charge in [0.25, 0.3) is 0 Å². The number of carbonyl (C=O) groups is 1. The van der Waals surface area contributed by atoms with Crippen molar-refractivity contribution in [3.8, 4) is 0 Å². The second kappa shape index (κ2) is 19.5. The van der Waals surface area contributed by atoms with Gasteiger partial charge in [-0.15, -0.1) is 0 Å². The van der Waals surface area contributed by atoms with E-state index in [0.29, 0.717) is 6.42 Å². The highest BCUT2D eigenvalue weighted by Crippen LogP contribution is 2.20. The molecule has 0 bridgehead atoms. The normalized spacial score (nSPS) is 12.7. The molecule has 0 saturated carbocycles. The summed E-state index contributed by atoms with van der Waals surface area (Å²) in [7, 11) is 0. The van der Waals surface area contributed by atoms with Crippen molar-refractivity contribution in [3.05, 3.63) is 12.2 Å². The SMILES string of the molecule is CCCCCCCCC=CC(CCCC)CCCCCCCC(=O)O. The molecule has 0 aromatic carbocycles. The van der Waals surface area contributed by atoms with Crippen LogP contribution in [0.5, 0.6) is 0 Å². The van der Waals surface area contributed by atoms with Crippen LogP contribution < -0.4 is 0 Å². The van der Waals surface area contributed by atoms with Crippen LogP contribution in [0.3, 0.4) is 0 Å². The van der Waals surface area contributed by atoms with E-state index in [9.17, 15) is 4.79 Å². The smallest absolute Gasteiger partial charge is 0.303 e. The fourth-order valence-electron chi connectivity index (χ4n) is 3.35. The van der Waals surface area contributed by atoms with E-state index in [0.717, 1.165) is 18.8 Å². The number of rotatable bonds is 19. The van der Waals surface area contributed by atoms with Gasteiger partial charge >= 0.3 is 5.97 Å². The monoisotopic (exact) mass is 352 g/mol. The third kappa shape index (κ3) is 19.4. The van der Waals surface area contributed by atoms with E-state index in [-0.39, 0.29) is 0 Å². The van der Waals surface area contributed by atoms with E-state index in [2.05, 4.69) is 26.0 Å². The number of carboxylic acid groups (broad SMARTS) is 1. The average Bonchev–Trinajstić information content (AvgIpc) is 2.60. The lowest BCUT2D eigenvalue weighted by Crippen LogP contribution is -1.97. The molecule has 2 nitrogen and oxygen atoms in total. The zero-order valence-corrected chi connectivity index (χ0v) is 17.1. The van der Waals surface area contributed by atoms with Gasteiger partial charge < -0.3 is 5.11 Å². The summed E-state index contributed by atoms with van der Waals surface area (Å²) in [5.74, 6) is 0.106. The Bertz CT molecular complexity index is 309. The maximum absolute atomic E-state index is 10.5. The highest BCUT2D eigenvalue weighted by atomic mass is 16.4. The number of aliphatic carboxylic acids is 1. The first-order chi connectivity index (χ1) is 12.2. The lowest BCUT2D eigenvalue weighted by Gasteiger charge is -2.12. The summed E-state index contributed by atoms with van der Waals surface area (Å²) in [4.78, 5) is 10.5. The Kier molecular flexibility index (Phi) is 18.9. The summed E-state index contributed by atoms with van der Waals surface area (Å²) in [5, 5.41) is 8.64. The van der Waals surface area contributed by atoms with Gasteiger partial charge in [0, 0.05) is 6.42 Å². The van der Waals surface area contributed by atoms with Crippen LogP contribution in [0.2, 0.25) is 0 Å². The molecule has 0 saturated heterocycles. The molecule has 0 aromatic rings. The van der Waals surface area contributed by atoms with Crippen molar-refractivity contribution in [1.29, 1.82) is 0 Å². The van der Waals surface area contributed by atoms with E-state index >= 15 is 0 Å². The summed E-state index contributed by atoms with van der Waals surface area (Å²) in [6.07, 6.45) is 25.7. The Balaban J connectivity index is 3.72. The second-order valence-corrected chi connectivity index (χ2v) is 7.59. The Morgan fingerprint density at radius 2 is 1.32 bits per heavy atom. The van der Waals surface area contributed by atoms with E-state index in [1.807, 2.05) is 0 Å². The van der Waals surface area contributed by atoms with Gasteiger partial charge in [-0.1, -0.05) is 96.6 Å². The molecule has 0 aliphatic heterocycles. The van der Waals surface area contributed by atoms with E-state index in [1.165, 1.54) is 89.9 Å². The summed E-state index contributed by atoms with van der Waals surface area (Å²) >= 11 is 0. The molecule has 0 aromatic heterocycles. The molecular formula is C23H44O2. The summed E-state index contributed by atoms with van der Waals surface area (Å²) in [6.45, 7) is 4.55. The molecule has 1 atom stereocenters. The zero-order chi connectivity index (χ0) is 18.6. The van der Waals surface area contributed by atoms with E-state index in [4.69, 9.17) is 5.11 Å². The molecule has 2 heteroatoms. The minimum atomic E-state index is -0.657. The van der Waals surface area contributed by atoms with Crippen molar-refractivity contribution in [1.82, 2.24) is 0 Å². The largest absolute Gasteiger partial charge is 0.481 e. The van der Waals surface area contributed by atoms with Crippen molar-refractivity contribution in [2.24, 2.45) is 5.92 Å². The van der Waals surface area contributed by atoms with Gasteiger partial charge in [-0.3, -0.25) is 4.79 Å². The molecule has 0 fully saturated rings. The lowest BCUT2D eigenvalue weighted by molar-refractivity contribution is -0.137. The number of hydrogen-bond acceptors (Lipinski definition) is 1. The topological polar surface area (TPSA) is 37.3 Å². The number of carboxylic acids is 1. The van der Waals surface area contributed by atoms with E-state index in [1.54, 1.807) is 0 Å². The van der Waals surface area contributed by atoms with Crippen molar-refractivity contribution in [2.45, 2.75) is 123 Å². The van der Waals surface area contributed by atoms with Crippen LogP contribution in [0.1, 0.15) is 123 Å². The van der Waals surface area contributed by atoms with Crippen LogP contribution in [0.4, 0.5) is 0 Å². The maximum Gasteiger partial charge on any atom is 0.303 e. The third-order valence-electron chi connectivity index (χ3n) is 5.03. The van der Waals surface area contributed by atoms with Crippen LogP contribution in [0.15, 0.2) is 12.2 Å². The van der Waals surface area contributed by atoms with Crippen molar-refractivity contribution >= 4 is 5.97 Å². The molecule has 0 spiro atoms. The van der Waals surface area contributed by atoms with Gasteiger partial charge in [0.05, 0.1) is 0 Å². The second-order valence-electron chi connectivity index (χ2n) is 7.59. The fraction of sp³-hybridized carbons (Fsp3) is 0.870. The number of allylic oxidation sites excluding steroid dienone is 2. The minimum Gasteiger partial charge on any atom is -0.481 e. The first-order valence-electron chi connectivity index (χ1n) is 11.1. The van der Waals surface area contributed by atoms with Crippen LogP contribution in [0.25, 0.3) is 0 Å². The van der Waals surface area contributed by atoms with Crippen LogP contribution >= 0.6 is 0 Å². The van der Waals surface area contributed by atoms with Gasteiger partial charge in [-0.05, 0) is 38.0 Å². The quantitative estimate of drug-likeness (QED) is 0.189. The van der Waals surface area contributed by atoms with Crippen LogP contribution in [-0.2, 0) is 4.79 Å². The van der Waals surface area contributed by atoms with Gasteiger partial charge in [-0.2, -0.15) is 0 Å². The summed E-state index contributed by atoms with van der Waals surface area (Å²) in [5.41, 5.74) is 0. The molecular weight excluding hydrogens is 308 g/mol. The van der Waals surface area contributed by atoms with Gasteiger partial charge in [-0.25, -0.2) is 0 Å². The maximum atomic E-state index is 10.5. The Labute approximate surface area is 157 Å². The molecule has 0 aliphatic carbocycles. The van der Waals surface area contributed by atoms with Gasteiger partial charge in [0.2, 0.25) is 0 Å². The molecule has 0 heterocycles. The predicted octanol–water partition coefficient (Wildman–Crippen LogP) is 7.91. The molecule has 148 valence electrons. The summed E-state index contributed by atoms with van der Waals surface area (Å²) < 4.78 is 0. The van der Waals surface area contributed by atoms with E-state index < -0.39 is 5.97 Å². The van der Waals surface area contributed by atoms with Crippen molar-refractivity contribution < 1.29 is 9.90 Å². The first-order valence-corrected chi connectivity index (χ1v) is 11.1. The lowest BCUT2D eigenvalue weighted by atomic mass is 9.94. The Hall–Kier alpha value is -0.790. The molecule has 0 amide bonds. The number of unbranched alkanes of at least 4 members (excludes halogenated alkanes) is 11. The van der Waals surface area contributed by atoms with Gasteiger partial charge in [0.15, 0.2) is 0 Å². The van der Waals surface area contributed by atoms with Crippen LogP contribution in [-0.4, -0.2) is 11.1 Å². The zero-order valence-electron chi connectivity index (χ0n) is 17.1. The molecule has 25 heavy (non-hydrogen) atoms. The highest BCUT2D eigenvalue weighted by molar-refractivity contribution is 5.66. The predicted molar refractivity (Wildman–Crippen MR) is 110 cm³/mol. The molecule has 1 N–H and O–H groups in total. The molecule has 0 aliphatic rings. The number of hydrogen-bond donors (Lipinski definition) is 1. The Morgan fingerprint density at radius 3 is 2.00 bits per heavy atom. The van der Waals surface area contributed by atoms with Crippen LogP contribution in [0, 0.1) is 5.92 Å². The highest BCUT2D eigenvalue weighted by Gasteiger charge is 2.04. The third-order valence-corrected chi connectivity index (χ3v) is 5.03. The minimum absolute atomic E-state index is 0.334. The average molecular weight is 353 g/mol.